The van der Waals surface area contributed by atoms with E-state index in [9.17, 15) is 0 Å². The number of methoxy groups -OCH3 is 1. The Labute approximate surface area is 181 Å². The van der Waals surface area contributed by atoms with Gasteiger partial charge in [-0.15, -0.1) is 24.8 Å². The molecule has 152 valence electrons. The van der Waals surface area contributed by atoms with Crippen LogP contribution < -0.4 is 10.1 Å². The molecule has 0 amide bonds. The van der Waals surface area contributed by atoms with E-state index < -0.39 is 0 Å². The van der Waals surface area contributed by atoms with Gasteiger partial charge >= 0.3 is 0 Å². The summed E-state index contributed by atoms with van der Waals surface area (Å²) in [6.07, 6.45) is 0. The number of hydrogen-bond acceptors (Lipinski definition) is 6. The number of anilines is 1. The van der Waals surface area contributed by atoms with Crippen molar-refractivity contribution < 1.29 is 9.47 Å². The highest BCUT2D eigenvalue weighted by Crippen LogP contribution is 2.39. The summed E-state index contributed by atoms with van der Waals surface area (Å²) in [5, 5.41) is 4.42. The molecule has 0 bridgehead atoms. The van der Waals surface area contributed by atoms with E-state index in [-0.39, 0.29) is 24.8 Å². The molecule has 0 saturated carbocycles. The van der Waals surface area contributed by atoms with Crippen LogP contribution in [0, 0.1) is 0 Å². The van der Waals surface area contributed by atoms with Crippen molar-refractivity contribution in [1.82, 2.24) is 9.88 Å². The van der Waals surface area contributed by atoms with Gasteiger partial charge in [0.15, 0.2) is 5.13 Å². The minimum atomic E-state index is 0. The fraction of sp³-hybridized carbons (Fsp3) is 0.350. The van der Waals surface area contributed by atoms with E-state index in [1.165, 1.54) is 11.1 Å². The highest BCUT2D eigenvalue weighted by atomic mass is 35.5. The predicted octanol–water partition coefficient (Wildman–Crippen LogP) is 4.56. The number of aromatic nitrogens is 1. The number of fused-ring (bicyclic) bond motifs is 1. The Morgan fingerprint density at radius 3 is 2.57 bits per heavy atom. The summed E-state index contributed by atoms with van der Waals surface area (Å²) in [4.78, 5) is 7.21. The zero-order chi connectivity index (χ0) is 17.8. The van der Waals surface area contributed by atoms with E-state index in [0.717, 1.165) is 60.5 Å². The topological polar surface area (TPSA) is 46.6 Å². The van der Waals surface area contributed by atoms with Gasteiger partial charge in [-0.25, -0.2) is 4.98 Å². The van der Waals surface area contributed by atoms with Gasteiger partial charge in [0.25, 0.3) is 0 Å². The molecular formula is C20H25Cl2N3O2S. The maximum atomic E-state index is 5.53. The molecule has 0 radical (unpaired) electrons. The van der Waals surface area contributed by atoms with Gasteiger partial charge in [-0.3, -0.25) is 4.90 Å². The highest BCUT2D eigenvalue weighted by Gasteiger charge is 2.15. The van der Waals surface area contributed by atoms with Crippen molar-refractivity contribution in [3.63, 3.8) is 0 Å². The van der Waals surface area contributed by atoms with Crippen LogP contribution >= 0.6 is 36.2 Å². The summed E-state index contributed by atoms with van der Waals surface area (Å²) in [5.41, 5.74) is 3.32. The van der Waals surface area contributed by atoms with Crippen LogP contribution in [0.25, 0.3) is 21.3 Å². The Kier molecular flexibility index (Phi) is 8.79. The summed E-state index contributed by atoms with van der Waals surface area (Å²) in [5.74, 6) is 0.817. The first-order valence-corrected chi connectivity index (χ1v) is 9.74. The summed E-state index contributed by atoms with van der Waals surface area (Å²) in [7, 11) is 1.70. The smallest absolute Gasteiger partial charge is 0.183 e. The van der Waals surface area contributed by atoms with Crippen molar-refractivity contribution in [2.24, 2.45) is 0 Å². The molecule has 2 heterocycles. The standard InChI is InChI=1S/C20H23N3O2S.2ClH/c1-24-17-8-7-16(15-5-3-2-4-6-15)19-18(17)22-20(26-19)21-9-10-23-11-13-25-14-12-23;;/h2-8H,9-14H2,1H3,(H,21,22);2*1H. The lowest BCUT2D eigenvalue weighted by Crippen LogP contribution is -2.38. The number of nitrogens with zero attached hydrogens (tertiary/aromatic N) is 2. The highest BCUT2D eigenvalue weighted by molar-refractivity contribution is 7.22. The van der Waals surface area contributed by atoms with Crippen molar-refractivity contribution >= 4 is 51.5 Å². The molecule has 0 unspecified atom stereocenters. The van der Waals surface area contributed by atoms with Gasteiger partial charge in [-0.1, -0.05) is 41.7 Å². The first-order chi connectivity index (χ1) is 12.8. The molecule has 3 aromatic rings. The lowest BCUT2D eigenvalue weighted by atomic mass is 10.1. The molecule has 5 nitrogen and oxygen atoms in total. The largest absolute Gasteiger partial charge is 0.494 e. The Balaban J connectivity index is 0.00000140. The van der Waals surface area contributed by atoms with E-state index in [4.69, 9.17) is 14.5 Å². The quantitative estimate of drug-likeness (QED) is 0.607. The van der Waals surface area contributed by atoms with E-state index in [1.54, 1.807) is 18.4 Å². The summed E-state index contributed by atoms with van der Waals surface area (Å²) >= 11 is 1.69. The van der Waals surface area contributed by atoms with Crippen LogP contribution in [-0.2, 0) is 4.74 Å². The number of nitrogens with one attached hydrogen (secondary N) is 1. The SMILES string of the molecule is COc1ccc(-c2ccccc2)c2sc(NCCN3CCOCC3)nc12.Cl.Cl. The number of hydrogen-bond donors (Lipinski definition) is 1. The van der Waals surface area contributed by atoms with Gasteiger partial charge in [0.1, 0.15) is 11.3 Å². The Morgan fingerprint density at radius 1 is 1.11 bits per heavy atom. The molecule has 1 N–H and O–H groups in total. The Morgan fingerprint density at radius 2 is 1.86 bits per heavy atom. The summed E-state index contributed by atoms with van der Waals surface area (Å²) in [6.45, 7) is 5.56. The minimum absolute atomic E-state index is 0. The third-order valence-corrected chi connectivity index (χ3v) is 5.67. The van der Waals surface area contributed by atoms with Crippen molar-refractivity contribution in [3.05, 3.63) is 42.5 Å². The maximum Gasteiger partial charge on any atom is 0.183 e. The van der Waals surface area contributed by atoms with Crippen LogP contribution in [0.4, 0.5) is 5.13 Å². The van der Waals surface area contributed by atoms with E-state index in [2.05, 4.69) is 40.5 Å². The Hall–Kier alpha value is -1.57. The minimum Gasteiger partial charge on any atom is -0.494 e. The average Bonchev–Trinajstić information content (AvgIpc) is 3.13. The molecule has 8 heteroatoms. The fourth-order valence-electron chi connectivity index (χ4n) is 3.21. The number of rotatable bonds is 6. The third kappa shape index (κ3) is 5.07. The third-order valence-electron chi connectivity index (χ3n) is 4.62. The number of thiazole rings is 1. The van der Waals surface area contributed by atoms with Crippen LogP contribution in [-0.4, -0.2) is 56.4 Å². The normalized spacial score (nSPS) is 14.2. The predicted molar refractivity (Wildman–Crippen MR) is 122 cm³/mol. The lowest BCUT2D eigenvalue weighted by molar-refractivity contribution is 0.0398. The van der Waals surface area contributed by atoms with Gasteiger partial charge < -0.3 is 14.8 Å². The molecule has 1 fully saturated rings. The van der Waals surface area contributed by atoms with E-state index in [1.807, 2.05) is 12.1 Å². The van der Waals surface area contributed by atoms with E-state index in [0.29, 0.717) is 0 Å². The molecule has 1 aromatic heterocycles. The number of ether oxygens (including phenoxy) is 2. The molecule has 1 aliphatic rings. The summed E-state index contributed by atoms with van der Waals surface area (Å²) < 4.78 is 12.1. The number of halogens is 2. The van der Waals surface area contributed by atoms with Gasteiger partial charge in [0, 0.05) is 31.7 Å². The van der Waals surface area contributed by atoms with Crippen LogP contribution in [0.5, 0.6) is 5.75 Å². The summed E-state index contributed by atoms with van der Waals surface area (Å²) in [6, 6.07) is 14.5. The molecule has 0 atom stereocenters. The monoisotopic (exact) mass is 441 g/mol. The van der Waals surface area contributed by atoms with Crippen LogP contribution in [0.3, 0.4) is 0 Å². The zero-order valence-electron chi connectivity index (χ0n) is 15.7. The molecule has 0 aliphatic carbocycles. The molecule has 0 spiro atoms. The maximum absolute atomic E-state index is 5.53. The van der Waals surface area contributed by atoms with Crippen LogP contribution in [0.2, 0.25) is 0 Å². The molecule has 2 aromatic carbocycles. The zero-order valence-corrected chi connectivity index (χ0v) is 18.2. The molecule has 28 heavy (non-hydrogen) atoms. The van der Waals surface area contributed by atoms with Crippen molar-refractivity contribution in [1.29, 1.82) is 0 Å². The number of benzene rings is 2. The first-order valence-electron chi connectivity index (χ1n) is 8.92. The molecule has 4 rings (SSSR count). The van der Waals surface area contributed by atoms with Gasteiger partial charge in [0.2, 0.25) is 0 Å². The van der Waals surface area contributed by atoms with Crippen LogP contribution in [0.1, 0.15) is 0 Å². The van der Waals surface area contributed by atoms with Gasteiger partial charge in [0.05, 0.1) is 25.0 Å². The van der Waals surface area contributed by atoms with Crippen LogP contribution in [0.15, 0.2) is 42.5 Å². The first kappa shape index (κ1) is 22.7. The second kappa shape index (κ2) is 10.8. The van der Waals surface area contributed by atoms with Gasteiger partial charge in [-0.05, 0) is 17.7 Å². The van der Waals surface area contributed by atoms with Crippen molar-refractivity contribution in [2.45, 2.75) is 0 Å². The van der Waals surface area contributed by atoms with Gasteiger partial charge in [-0.2, -0.15) is 0 Å². The molecule has 1 aliphatic heterocycles. The second-order valence-electron chi connectivity index (χ2n) is 6.26. The number of morpholine rings is 1. The molecular weight excluding hydrogens is 417 g/mol. The van der Waals surface area contributed by atoms with E-state index >= 15 is 0 Å². The average molecular weight is 442 g/mol. The fourth-order valence-corrected chi connectivity index (χ4v) is 4.26. The second-order valence-corrected chi connectivity index (χ2v) is 7.26. The van der Waals surface area contributed by atoms with Crippen molar-refractivity contribution in [3.8, 4) is 16.9 Å². The molecule has 1 saturated heterocycles. The van der Waals surface area contributed by atoms with Crippen molar-refractivity contribution in [2.75, 3.05) is 51.8 Å². The Bertz CT molecular complexity index is 871. The lowest BCUT2D eigenvalue weighted by Gasteiger charge is -2.26.